The Bertz CT molecular complexity index is 995. The van der Waals surface area contributed by atoms with Gasteiger partial charge < -0.3 is 14.1 Å². The molecule has 1 aliphatic rings. The summed E-state index contributed by atoms with van der Waals surface area (Å²) in [6.45, 7) is 4.29. The van der Waals surface area contributed by atoms with Crippen molar-refractivity contribution in [1.29, 1.82) is 0 Å². The molecule has 4 rings (SSSR count). The van der Waals surface area contributed by atoms with Crippen LogP contribution in [0.25, 0.3) is 11.3 Å². The molecule has 8 nitrogen and oxygen atoms in total. The Labute approximate surface area is 182 Å². The monoisotopic (exact) mass is 423 g/mol. The summed E-state index contributed by atoms with van der Waals surface area (Å²) >= 11 is 0. The highest BCUT2D eigenvalue weighted by Crippen LogP contribution is 2.23. The minimum Gasteiger partial charge on any atom is -0.497 e. The van der Waals surface area contributed by atoms with Gasteiger partial charge in [-0.05, 0) is 30.7 Å². The summed E-state index contributed by atoms with van der Waals surface area (Å²) in [6, 6.07) is 7.64. The molecular formula is C23H29N5O3. The number of carbonyl (C=O) groups is 1. The van der Waals surface area contributed by atoms with E-state index in [0.717, 1.165) is 50.5 Å². The largest absolute Gasteiger partial charge is 0.497 e. The molecule has 0 bridgehead atoms. The summed E-state index contributed by atoms with van der Waals surface area (Å²) in [5.74, 6) is 2.25. The molecule has 164 valence electrons. The molecule has 0 saturated carbocycles. The summed E-state index contributed by atoms with van der Waals surface area (Å²) < 4.78 is 12.9. The van der Waals surface area contributed by atoms with Crippen LogP contribution in [0.4, 0.5) is 0 Å². The van der Waals surface area contributed by atoms with Crippen molar-refractivity contribution in [2.75, 3.05) is 33.3 Å². The quantitative estimate of drug-likeness (QED) is 0.582. The number of carbonyl (C=O) groups excluding carboxylic acids is 1. The van der Waals surface area contributed by atoms with Crippen LogP contribution in [0.1, 0.15) is 24.3 Å². The third kappa shape index (κ3) is 5.52. The molecule has 1 aromatic carbocycles. The van der Waals surface area contributed by atoms with E-state index in [2.05, 4.69) is 15.0 Å². The zero-order valence-electron chi connectivity index (χ0n) is 18.2. The van der Waals surface area contributed by atoms with Gasteiger partial charge in [0.25, 0.3) is 0 Å². The number of amides is 1. The van der Waals surface area contributed by atoms with Gasteiger partial charge in [0.15, 0.2) is 11.7 Å². The summed E-state index contributed by atoms with van der Waals surface area (Å²) in [5.41, 5.74) is 2.14. The Morgan fingerprint density at radius 1 is 1.13 bits per heavy atom. The van der Waals surface area contributed by atoms with Gasteiger partial charge in [0.05, 0.1) is 19.5 Å². The molecule has 0 unspecified atom stereocenters. The molecule has 1 fully saturated rings. The van der Waals surface area contributed by atoms with Crippen molar-refractivity contribution in [3.05, 3.63) is 54.3 Å². The highest BCUT2D eigenvalue weighted by atomic mass is 16.5. The van der Waals surface area contributed by atoms with Gasteiger partial charge in [-0.2, -0.15) is 5.10 Å². The zero-order valence-corrected chi connectivity index (χ0v) is 18.2. The number of hydrogen-bond donors (Lipinski definition) is 0. The normalized spacial score (nSPS) is 15.1. The van der Waals surface area contributed by atoms with Crippen molar-refractivity contribution in [1.82, 2.24) is 24.6 Å². The molecule has 0 radical (unpaired) electrons. The van der Waals surface area contributed by atoms with Gasteiger partial charge in [-0.25, -0.2) is 4.98 Å². The Balaban J connectivity index is 1.26. The maximum Gasteiger partial charge on any atom is 0.223 e. The highest BCUT2D eigenvalue weighted by Gasteiger charge is 2.20. The molecule has 0 spiro atoms. The van der Waals surface area contributed by atoms with E-state index in [1.165, 1.54) is 5.56 Å². The average Bonchev–Trinajstić information content (AvgIpc) is 3.36. The fourth-order valence-electron chi connectivity index (χ4n) is 3.88. The van der Waals surface area contributed by atoms with Gasteiger partial charge in [-0.1, -0.05) is 0 Å². The van der Waals surface area contributed by atoms with Crippen LogP contribution >= 0.6 is 0 Å². The average molecular weight is 424 g/mol. The van der Waals surface area contributed by atoms with Gasteiger partial charge in [-0.3, -0.25) is 14.4 Å². The highest BCUT2D eigenvalue weighted by molar-refractivity contribution is 5.76. The van der Waals surface area contributed by atoms with Crippen LogP contribution in [0.5, 0.6) is 5.75 Å². The molecule has 8 heteroatoms. The van der Waals surface area contributed by atoms with Crippen LogP contribution in [0.2, 0.25) is 0 Å². The van der Waals surface area contributed by atoms with E-state index in [1.807, 2.05) is 53.3 Å². The number of hydrogen-bond acceptors (Lipinski definition) is 6. The van der Waals surface area contributed by atoms with Gasteiger partial charge in [0.1, 0.15) is 5.75 Å². The van der Waals surface area contributed by atoms with E-state index in [1.54, 1.807) is 13.3 Å². The van der Waals surface area contributed by atoms with Crippen molar-refractivity contribution in [2.45, 2.75) is 25.8 Å². The van der Waals surface area contributed by atoms with Crippen LogP contribution in [0.15, 0.2) is 47.3 Å². The Kier molecular flexibility index (Phi) is 6.66. The van der Waals surface area contributed by atoms with Gasteiger partial charge in [0.2, 0.25) is 5.91 Å². The van der Waals surface area contributed by atoms with Gasteiger partial charge >= 0.3 is 0 Å². The predicted molar refractivity (Wildman–Crippen MR) is 116 cm³/mol. The number of ether oxygens (including phenoxy) is 1. The van der Waals surface area contributed by atoms with Crippen molar-refractivity contribution >= 4 is 5.91 Å². The van der Waals surface area contributed by atoms with E-state index in [4.69, 9.17) is 9.15 Å². The molecule has 3 aromatic rings. The Morgan fingerprint density at radius 3 is 2.71 bits per heavy atom. The number of aryl methyl sites for hydroxylation is 2. The molecule has 31 heavy (non-hydrogen) atoms. The molecular weight excluding hydrogens is 394 g/mol. The first-order valence-corrected chi connectivity index (χ1v) is 10.7. The lowest BCUT2D eigenvalue weighted by Gasteiger charge is -2.21. The minimum absolute atomic E-state index is 0.160. The first-order valence-electron chi connectivity index (χ1n) is 10.7. The van der Waals surface area contributed by atoms with E-state index >= 15 is 0 Å². The van der Waals surface area contributed by atoms with E-state index in [0.29, 0.717) is 24.5 Å². The molecule has 2 aromatic heterocycles. The molecule has 1 amide bonds. The summed E-state index contributed by atoms with van der Waals surface area (Å²) in [4.78, 5) is 21.5. The van der Waals surface area contributed by atoms with Gasteiger partial charge in [-0.15, -0.1) is 0 Å². The lowest BCUT2D eigenvalue weighted by Crippen LogP contribution is -2.35. The van der Waals surface area contributed by atoms with Crippen molar-refractivity contribution in [3.63, 3.8) is 0 Å². The molecule has 0 aliphatic carbocycles. The van der Waals surface area contributed by atoms with Crippen LogP contribution in [0, 0.1) is 0 Å². The van der Waals surface area contributed by atoms with E-state index in [-0.39, 0.29) is 5.91 Å². The minimum atomic E-state index is 0.160. The van der Waals surface area contributed by atoms with Crippen LogP contribution in [-0.4, -0.2) is 63.8 Å². The first kappa shape index (κ1) is 21.1. The molecule has 0 N–H and O–H groups in total. The Hall–Kier alpha value is -3.13. The van der Waals surface area contributed by atoms with Crippen molar-refractivity contribution in [2.24, 2.45) is 7.05 Å². The number of rotatable bonds is 7. The SMILES string of the molecule is COc1ccc(-c2cnc(CCC(=O)N3CCCN(Cc4cnn(C)c4)CC3)o2)cc1. The van der Waals surface area contributed by atoms with Crippen molar-refractivity contribution in [3.8, 4) is 17.1 Å². The molecule has 1 saturated heterocycles. The molecule has 0 atom stereocenters. The number of nitrogens with zero attached hydrogens (tertiary/aromatic N) is 5. The number of oxazole rings is 1. The predicted octanol–water partition coefficient (Wildman–Crippen LogP) is 2.75. The second-order valence-electron chi connectivity index (χ2n) is 7.88. The third-order valence-corrected chi connectivity index (χ3v) is 5.59. The smallest absolute Gasteiger partial charge is 0.223 e. The summed E-state index contributed by atoms with van der Waals surface area (Å²) in [6.07, 6.45) is 7.56. The zero-order chi connectivity index (χ0) is 21.6. The Morgan fingerprint density at radius 2 is 1.97 bits per heavy atom. The van der Waals surface area contributed by atoms with Gasteiger partial charge in [0, 0.05) is 69.9 Å². The second-order valence-corrected chi connectivity index (χ2v) is 7.88. The maximum absolute atomic E-state index is 12.8. The van der Waals surface area contributed by atoms with Crippen LogP contribution in [0.3, 0.4) is 0 Å². The summed E-state index contributed by atoms with van der Waals surface area (Å²) in [5, 5.41) is 4.24. The number of benzene rings is 1. The molecule has 3 heterocycles. The molecule has 1 aliphatic heterocycles. The van der Waals surface area contributed by atoms with E-state index in [9.17, 15) is 4.79 Å². The summed E-state index contributed by atoms with van der Waals surface area (Å²) in [7, 11) is 3.57. The fraction of sp³-hybridized carbons (Fsp3) is 0.435. The van der Waals surface area contributed by atoms with Crippen LogP contribution in [-0.2, 0) is 24.8 Å². The lowest BCUT2D eigenvalue weighted by molar-refractivity contribution is -0.131. The number of aromatic nitrogens is 3. The topological polar surface area (TPSA) is 76.6 Å². The van der Waals surface area contributed by atoms with E-state index < -0.39 is 0 Å². The standard InChI is InChI=1S/C23H29N5O3/c1-26-16-18(14-25-26)17-27-10-3-11-28(13-12-27)23(29)9-8-22-24-15-21(31-22)19-4-6-20(30-2)7-5-19/h4-7,14-16H,3,8-13,17H2,1-2H3. The van der Waals surface area contributed by atoms with Crippen molar-refractivity contribution < 1.29 is 13.9 Å². The number of methoxy groups -OCH3 is 1. The fourth-order valence-corrected chi connectivity index (χ4v) is 3.88. The second kappa shape index (κ2) is 9.78. The maximum atomic E-state index is 12.8. The lowest BCUT2D eigenvalue weighted by atomic mass is 10.2. The first-order chi connectivity index (χ1) is 15.1. The van der Waals surface area contributed by atoms with Crippen LogP contribution < -0.4 is 4.74 Å². The third-order valence-electron chi connectivity index (χ3n) is 5.59.